The molecule has 0 radical (unpaired) electrons. The maximum absolute atomic E-state index is 12.5. The van der Waals surface area contributed by atoms with E-state index in [9.17, 15) is 22.8 Å². The Morgan fingerprint density at radius 2 is 1.52 bits per heavy atom. The monoisotopic (exact) mass is 348 g/mol. The minimum Gasteiger partial charge on any atom is -0.345 e. The molecule has 0 aliphatic heterocycles. The molecule has 0 unspecified atom stereocenters. The summed E-state index contributed by atoms with van der Waals surface area (Å²) in [6, 6.07) is 8.63. The van der Waals surface area contributed by atoms with Crippen LogP contribution in [0.4, 0.5) is 24.5 Å². The van der Waals surface area contributed by atoms with Crippen LogP contribution in [0.25, 0.3) is 11.0 Å². The number of benzene rings is 2. The number of hydrogen-bond acceptors (Lipinski definition) is 3. The molecule has 0 aliphatic rings. The Labute approximate surface area is 139 Å². The summed E-state index contributed by atoms with van der Waals surface area (Å²) in [5, 5.41) is 4.64. The minimum absolute atomic E-state index is 0.0807. The third kappa shape index (κ3) is 3.77. The van der Waals surface area contributed by atoms with Gasteiger partial charge < -0.3 is 15.6 Å². The van der Waals surface area contributed by atoms with Crippen LogP contribution in [0.3, 0.4) is 0 Å². The average Bonchev–Trinajstić information content (AvgIpc) is 3.02. The van der Waals surface area contributed by atoms with Gasteiger partial charge in [0.2, 0.25) is 0 Å². The van der Waals surface area contributed by atoms with Crippen LogP contribution in [0.5, 0.6) is 0 Å². The third-order valence-corrected chi connectivity index (χ3v) is 3.35. The van der Waals surface area contributed by atoms with Crippen LogP contribution in [-0.2, 0) is 15.8 Å². The fourth-order valence-corrected chi connectivity index (χ4v) is 2.13. The minimum atomic E-state index is -4.47. The summed E-state index contributed by atoms with van der Waals surface area (Å²) in [6.07, 6.45) is -2.97. The normalized spacial score (nSPS) is 11.3. The predicted molar refractivity (Wildman–Crippen MR) is 84.8 cm³/mol. The Morgan fingerprint density at radius 1 is 0.920 bits per heavy atom. The van der Waals surface area contributed by atoms with Crippen LogP contribution < -0.4 is 10.6 Å². The number of H-pyrrole nitrogens is 1. The van der Waals surface area contributed by atoms with Crippen LogP contribution in [0.15, 0.2) is 48.8 Å². The highest BCUT2D eigenvalue weighted by molar-refractivity contribution is 6.43. The van der Waals surface area contributed by atoms with Crippen molar-refractivity contribution in [1.29, 1.82) is 0 Å². The second-order valence-corrected chi connectivity index (χ2v) is 5.12. The van der Waals surface area contributed by atoms with Crippen LogP contribution in [0, 0.1) is 0 Å². The smallest absolute Gasteiger partial charge is 0.345 e. The zero-order valence-electron chi connectivity index (χ0n) is 12.5. The first kappa shape index (κ1) is 16.5. The first-order valence-electron chi connectivity index (χ1n) is 7.06. The molecule has 0 saturated carbocycles. The quantitative estimate of drug-likeness (QED) is 0.622. The predicted octanol–water partition coefficient (Wildman–Crippen LogP) is 3.16. The summed E-state index contributed by atoms with van der Waals surface area (Å²) >= 11 is 0. The number of anilines is 2. The molecule has 2 amide bonds. The molecular weight excluding hydrogens is 337 g/mol. The number of carbonyl (C=O) groups is 2. The van der Waals surface area contributed by atoms with Gasteiger partial charge in [-0.25, -0.2) is 4.98 Å². The number of fused-ring (bicyclic) bond motifs is 1. The van der Waals surface area contributed by atoms with Crippen LogP contribution in [0.1, 0.15) is 5.56 Å². The molecule has 1 aromatic heterocycles. The second-order valence-electron chi connectivity index (χ2n) is 5.12. The summed E-state index contributed by atoms with van der Waals surface area (Å²) in [6.45, 7) is 0. The fraction of sp³-hybridized carbons (Fsp3) is 0.0625. The van der Waals surface area contributed by atoms with Crippen molar-refractivity contribution >= 4 is 34.2 Å². The van der Waals surface area contributed by atoms with Crippen molar-refractivity contribution in [3.63, 3.8) is 0 Å². The topological polar surface area (TPSA) is 86.9 Å². The molecule has 0 spiro atoms. The third-order valence-electron chi connectivity index (χ3n) is 3.35. The van der Waals surface area contributed by atoms with Crippen molar-refractivity contribution < 1.29 is 22.8 Å². The van der Waals surface area contributed by atoms with Gasteiger partial charge in [0.05, 0.1) is 22.9 Å². The lowest BCUT2D eigenvalue weighted by Crippen LogP contribution is -2.29. The van der Waals surface area contributed by atoms with E-state index >= 15 is 0 Å². The van der Waals surface area contributed by atoms with Crippen molar-refractivity contribution in [1.82, 2.24) is 9.97 Å². The van der Waals surface area contributed by atoms with Crippen molar-refractivity contribution in [2.75, 3.05) is 10.6 Å². The number of imidazole rings is 1. The summed E-state index contributed by atoms with van der Waals surface area (Å²) in [5.41, 5.74) is 0.998. The number of rotatable bonds is 2. The molecule has 6 nitrogen and oxygen atoms in total. The molecule has 3 N–H and O–H groups in total. The lowest BCUT2D eigenvalue weighted by Gasteiger charge is -2.09. The number of hydrogen-bond donors (Lipinski definition) is 3. The first-order valence-corrected chi connectivity index (χ1v) is 7.06. The standard InChI is InChI=1S/C16H11F3N4O2/c17-16(18,19)9-1-3-10(4-2-9)22-14(24)15(25)23-11-5-6-12-13(7-11)21-8-20-12/h1-8H,(H,20,21)(H,22,24)(H,23,25). The van der Waals surface area contributed by atoms with E-state index in [1.54, 1.807) is 18.2 Å². The van der Waals surface area contributed by atoms with Gasteiger partial charge in [-0.1, -0.05) is 0 Å². The van der Waals surface area contributed by atoms with E-state index in [0.29, 0.717) is 16.7 Å². The SMILES string of the molecule is O=C(Nc1ccc(C(F)(F)F)cc1)C(=O)Nc1ccc2nc[nH]c2c1. The largest absolute Gasteiger partial charge is 0.416 e. The molecular formula is C16H11F3N4O2. The Morgan fingerprint density at radius 3 is 2.16 bits per heavy atom. The molecule has 0 aliphatic carbocycles. The zero-order chi connectivity index (χ0) is 18.0. The van der Waals surface area contributed by atoms with E-state index in [2.05, 4.69) is 20.6 Å². The van der Waals surface area contributed by atoms with Crippen molar-refractivity contribution in [3.8, 4) is 0 Å². The number of amides is 2. The molecule has 0 fully saturated rings. The van der Waals surface area contributed by atoms with E-state index in [4.69, 9.17) is 0 Å². The number of aromatic amines is 1. The summed E-state index contributed by atoms with van der Waals surface area (Å²) in [4.78, 5) is 30.6. The molecule has 3 rings (SSSR count). The van der Waals surface area contributed by atoms with E-state index in [-0.39, 0.29) is 5.69 Å². The summed E-state index contributed by atoms with van der Waals surface area (Å²) in [7, 11) is 0. The van der Waals surface area contributed by atoms with Gasteiger partial charge in [-0.3, -0.25) is 9.59 Å². The highest BCUT2D eigenvalue weighted by atomic mass is 19.4. The maximum Gasteiger partial charge on any atom is 0.416 e. The molecule has 0 atom stereocenters. The molecule has 0 bridgehead atoms. The first-order chi connectivity index (χ1) is 11.8. The zero-order valence-corrected chi connectivity index (χ0v) is 12.5. The lowest BCUT2D eigenvalue weighted by molar-refractivity contribution is -0.137. The number of nitrogens with one attached hydrogen (secondary N) is 3. The second kappa shape index (κ2) is 6.27. The van der Waals surface area contributed by atoms with Crippen LogP contribution >= 0.6 is 0 Å². The van der Waals surface area contributed by atoms with Crippen molar-refractivity contribution in [2.24, 2.45) is 0 Å². The molecule has 9 heteroatoms. The van der Waals surface area contributed by atoms with Gasteiger partial charge in [0.1, 0.15) is 0 Å². The number of carbonyl (C=O) groups excluding carboxylic acids is 2. The van der Waals surface area contributed by atoms with Gasteiger partial charge in [-0.05, 0) is 42.5 Å². The van der Waals surface area contributed by atoms with E-state index in [1.807, 2.05) is 0 Å². The Hall–Kier alpha value is -3.36. The highest BCUT2D eigenvalue weighted by Crippen LogP contribution is 2.29. The Kier molecular flexibility index (Phi) is 4.14. The lowest BCUT2D eigenvalue weighted by atomic mass is 10.2. The Balaban J connectivity index is 1.65. The Bertz CT molecular complexity index is 932. The summed E-state index contributed by atoms with van der Waals surface area (Å²) < 4.78 is 37.4. The number of nitrogens with zero attached hydrogens (tertiary/aromatic N) is 1. The van der Waals surface area contributed by atoms with E-state index in [0.717, 1.165) is 24.3 Å². The van der Waals surface area contributed by atoms with Crippen molar-refractivity contribution in [2.45, 2.75) is 6.18 Å². The van der Waals surface area contributed by atoms with Crippen LogP contribution in [-0.4, -0.2) is 21.8 Å². The van der Waals surface area contributed by atoms with Crippen LogP contribution in [0.2, 0.25) is 0 Å². The van der Waals surface area contributed by atoms with Crippen molar-refractivity contribution in [3.05, 3.63) is 54.4 Å². The molecule has 25 heavy (non-hydrogen) atoms. The average molecular weight is 348 g/mol. The number of aromatic nitrogens is 2. The maximum atomic E-state index is 12.5. The van der Waals surface area contributed by atoms with E-state index in [1.165, 1.54) is 6.33 Å². The molecule has 0 saturated heterocycles. The van der Waals surface area contributed by atoms with E-state index < -0.39 is 23.6 Å². The molecule has 3 aromatic rings. The van der Waals surface area contributed by atoms with Gasteiger partial charge in [0.25, 0.3) is 0 Å². The van der Waals surface area contributed by atoms with Gasteiger partial charge in [0.15, 0.2) is 0 Å². The van der Waals surface area contributed by atoms with Gasteiger partial charge in [0, 0.05) is 11.4 Å². The van der Waals surface area contributed by atoms with Gasteiger partial charge >= 0.3 is 18.0 Å². The number of halogens is 3. The highest BCUT2D eigenvalue weighted by Gasteiger charge is 2.30. The fourth-order valence-electron chi connectivity index (χ4n) is 2.13. The molecule has 1 heterocycles. The van der Waals surface area contributed by atoms with Gasteiger partial charge in [-0.2, -0.15) is 13.2 Å². The molecule has 2 aromatic carbocycles. The number of alkyl halides is 3. The van der Waals surface area contributed by atoms with Gasteiger partial charge in [-0.15, -0.1) is 0 Å². The molecule has 128 valence electrons. The summed E-state index contributed by atoms with van der Waals surface area (Å²) in [5.74, 6) is -1.94.